The highest BCUT2D eigenvalue weighted by atomic mass is 16.5. The molecular formula is C18H28O2. The Bertz CT molecular complexity index is 491. The molecule has 1 saturated heterocycles. The smallest absolute Gasteiger partial charge is 0.121 e. The SMILES string of the molecule is CC1(C)CC(O)(c2ccc(C(C)(C)C)cc2)C(C)(C)O1. The van der Waals surface area contributed by atoms with Crippen LogP contribution in [-0.4, -0.2) is 16.3 Å². The van der Waals surface area contributed by atoms with Crippen LogP contribution in [-0.2, 0) is 15.8 Å². The fourth-order valence-corrected chi connectivity index (χ4v) is 3.34. The lowest BCUT2D eigenvalue weighted by molar-refractivity contribution is -0.129. The standard InChI is InChI=1S/C18H28O2/c1-15(2,3)13-8-10-14(11-9-13)18(19)12-16(4,5)20-17(18,6)7/h8-11,19H,12H2,1-7H3. The summed E-state index contributed by atoms with van der Waals surface area (Å²) in [6.07, 6.45) is 0.613. The molecule has 1 fully saturated rings. The van der Waals surface area contributed by atoms with Gasteiger partial charge in [-0.25, -0.2) is 0 Å². The van der Waals surface area contributed by atoms with Gasteiger partial charge in [-0.15, -0.1) is 0 Å². The molecule has 0 aromatic heterocycles. The quantitative estimate of drug-likeness (QED) is 0.835. The number of ether oxygens (including phenoxy) is 1. The molecule has 0 aliphatic carbocycles. The zero-order valence-electron chi connectivity index (χ0n) is 13.9. The molecule has 2 rings (SSSR count). The molecule has 1 aromatic carbocycles. The van der Waals surface area contributed by atoms with Gasteiger partial charge in [0.2, 0.25) is 0 Å². The summed E-state index contributed by atoms with van der Waals surface area (Å²) in [7, 11) is 0. The molecule has 2 nitrogen and oxygen atoms in total. The summed E-state index contributed by atoms with van der Waals surface area (Å²) in [4.78, 5) is 0. The molecule has 0 spiro atoms. The van der Waals surface area contributed by atoms with Gasteiger partial charge in [-0.05, 0) is 44.2 Å². The average Bonchev–Trinajstić information content (AvgIpc) is 2.42. The Morgan fingerprint density at radius 3 is 1.85 bits per heavy atom. The summed E-state index contributed by atoms with van der Waals surface area (Å²) < 4.78 is 6.05. The van der Waals surface area contributed by atoms with E-state index in [2.05, 4.69) is 32.9 Å². The highest BCUT2D eigenvalue weighted by Gasteiger charge is 2.57. The summed E-state index contributed by atoms with van der Waals surface area (Å²) in [5.74, 6) is 0. The number of rotatable bonds is 1. The van der Waals surface area contributed by atoms with Gasteiger partial charge in [0.05, 0.1) is 11.2 Å². The van der Waals surface area contributed by atoms with E-state index in [0.717, 1.165) is 5.56 Å². The molecule has 1 N–H and O–H groups in total. The van der Waals surface area contributed by atoms with Crippen LogP contribution in [0.25, 0.3) is 0 Å². The van der Waals surface area contributed by atoms with Crippen LogP contribution < -0.4 is 0 Å². The summed E-state index contributed by atoms with van der Waals surface area (Å²) in [6.45, 7) is 14.6. The van der Waals surface area contributed by atoms with E-state index in [0.29, 0.717) is 6.42 Å². The largest absolute Gasteiger partial charge is 0.382 e. The van der Waals surface area contributed by atoms with E-state index in [1.165, 1.54) is 5.56 Å². The third-order valence-corrected chi connectivity index (χ3v) is 4.44. The first kappa shape index (κ1) is 15.5. The molecular weight excluding hydrogens is 248 g/mol. The van der Waals surface area contributed by atoms with Crippen molar-refractivity contribution in [1.82, 2.24) is 0 Å². The van der Waals surface area contributed by atoms with Gasteiger partial charge >= 0.3 is 0 Å². The Hall–Kier alpha value is -0.860. The summed E-state index contributed by atoms with van der Waals surface area (Å²) in [5, 5.41) is 11.2. The van der Waals surface area contributed by atoms with E-state index in [9.17, 15) is 5.11 Å². The molecule has 2 heteroatoms. The van der Waals surface area contributed by atoms with E-state index >= 15 is 0 Å². The van der Waals surface area contributed by atoms with Gasteiger partial charge in [-0.2, -0.15) is 0 Å². The van der Waals surface area contributed by atoms with Crippen LogP contribution in [0.1, 0.15) is 66.0 Å². The molecule has 1 aliphatic heterocycles. The monoisotopic (exact) mass is 276 g/mol. The van der Waals surface area contributed by atoms with Crippen molar-refractivity contribution in [1.29, 1.82) is 0 Å². The van der Waals surface area contributed by atoms with E-state index in [1.807, 2.05) is 39.8 Å². The van der Waals surface area contributed by atoms with Gasteiger partial charge in [0.15, 0.2) is 0 Å². The van der Waals surface area contributed by atoms with Gasteiger partial charge in [0, 0.05) is 6.42 Å². The Labute approximate surface area is 123 Å². The topological polar surface area (TPSA) is 29.5 Å². The van der Waals surface area contributed by atoms with Crippen LogP contribution in [0.4, 0.5) is 0 Å². The Kier molecular flexibility index (Phi) is 3.35. The first-order valence-corrected chi connectivity index (χ1v) is 7.41. The molecule has 112 valence electrons. The number of hydrogen-bond donors (Lipinski definition) is 1. The highest BCUT2D eigenvalue weighted by molar-refractivity contribution is 5.34. The molecule has 1 heterocycles. The molecule has 1 atom stereocenters. The molecule has 0 amide bonds. The van der Waals surface area contributed by atoms with Gasteiger partial charge in [0.1, 0.15) is 5.60 Å². The minimum atomic E-state index is -0.938. The highest BCUT2D eigenvalue weighted by Crippen LogP contribution is 2.50. The fourth-order valence-electron chi connectivity index (χ4n) is 3.34. The Morgan fingerprint density at radius 1 is 1.00 bits per heavy atom. The van der Waals surface area contributed by atoms with Gasteiger partial charge in [-0.1, -0.05) is 45.0 Å². The van der Waals surface area contributed by atoms with Crippen LogP contribution >= 0.6 is 0 Å². The lowest BCUT2D eigenvalue weighted by Gasteiger charge is -2.35. The summed E-state index contributed by atoms with van der Waals surface area (Å²) >= 11 is 0. The Balaban J connectivity index is 2.41. The third kappa shape index (κ3) is 2.51. The Morgan fingerprint density at radius 2 is 1.50 bits per heavy atom. The van der Waals surface area contributed by atoms with Gasteiger partial charge in [-0.3, -0.25) is 0 Å². The van der Waals surface area contributed by atoms with Crippen LogP contribution in [0.2, 0.25) is 0 Å². The van der Waals surface area contributed by atoms with E-state index in [-0.39, 0.29) is 11.0 Å². The fraction of sp³-hybridized carbons (Fsp3) is 0.667. The molecule has 0 radical (unpaired) electrons. The lowest BCUT2D eigenvalue weighted by atomic mass is 9.76. The first-order valence-electron chi connectivity index (χ1n) is 7.41. The van der Waals surface area contributed by atoms with Crippen molar-refractivity contribution in [3.05, 3.63) is 35.4 Å². The van der Waals surface area contributed by atoms with Crippen molar-refractivity contribution >= 4 is 0 Å². The van der Waals surface area contributed by atoms with Crippen LogP contribution in [0.15, 0.2) is 24.3 Å². The minimum absolute atomic E-state index is 0.127. The third-order valence-electron chi connectivity index (χ3n) is 4.44. The number of hydrogen-bond acceptors (Lipinski definition) is 2. The molecule has 1 unspecified atom stereocenters. The van der Waals surface area contributed by atoms with Gasteiger partial charge < -0.3 is 9.84 Å². The van der Waals surface area contributed by atoms with Gasteiger partial charge in [0.25, 0.3) is 0 Å². The average molecular weight is 276 g/mol. The minimum Gasteiger partial charge on any atom is -0.382 e. The molecule has 0 saturated carbocycles. The van der Waals surface area contributed by atoms with E-state index in [1.54, 1.807) is 0 Å². The van der Waals surface area contributed by atoms with Crippen molar-refractivity contribution < 1.29 is 9.84 Å². The zero-order chi connectivity index (χ0) is 15.4. The van der Waals surface area contributed by atoms with Crippen molar-refractivity contribution in [3.8, 4) is 0 Å². The van der Waals surface area contributed by atoms with Crippen LogP contribution in [0.3, 0.4) is 0 Å². The maximum Gasteiger partial charge on any atom is 0.121 e. The molecule has 1 aromatic rings. The van der Waals surface area contributed by atoms with E-state index < -0.39 is 11.2 Å². The summed E-state index contributed by atoms with van der Waals surface area (Å²) in [5.41, 5.74) is 0.525. The van der Waals surface area contributed by atoms with Crippen molar-refractivity contribution in [2.24, 2.45) is 0 Å². The molecule has 20 heavy (non-hydrogen) atoms. The predicted molar refractivity (Wildman–Crippen MR) is 82.9 cm³/mol. The second-order valence-corrected chi connectivity index (χ2v) is 8.24. The molecule has 1 aliphatic rings. The summed E-state index contributed by atoms with van der Waals surface area (Å²) in [6, 6.07) is 8.34. The second kappa shape index (κ2) is 4.32. The van der Waals surface area contributed by atoms with E-state index in [4.69, 9.17) is 4.74 Å². The van der Waals surface area contributed by atoms with Crippen molar-refractivity contribution in [2.45, 2.75) is 77.1 Å². The number of aliphatic hydroxyl groups is 1. The maximum absolute atomic E-state index is 11.2. The van der Waals surface area contributed by atoms with Crippen LogP contribution in [0, 0.1) is 0 Å². The molecule has 0 bridgehead atoms. The van der Waals surface area contributed by atoms with Crippen molar-refractivity contribution in [3.63, 3.8) is 0 Å². The van der Waals surface area contributed by atoms with Crippen LogP contribution in [0.5, 0.6) is 0 Å². The second-order valence-electron chi connectivity index (χ2n) is 8.24. The number of benzene rings is 1. The maximum atomic E-state index is 11.2. The van der Waals surface area contributed by atoms with Crippen molar-refractivity contribution in [2.75, 3.05) is 0 Å². The normalized spacial score (nSPS) is 28.6. The lowest BCUT2D eigenvalue weighted by Crippen LogP contribution is -2.43. The predicted octanol–water partition coefficient (Wildman–Crippen LogP) is 4.15. The zero-order valence-corrected chi connectivity index (χ0v) is 13.9. The first-order chi connectivity index (χ1) is 8.87.